The van der Waals surface area contributed by atoms with Crippen molar-refractivity contribution in [2.75, 3.05) is 6.54 Å². The van der Waals surface area contributed by atoms with Crippen LogP contribution in [-0.2, 0) is 16.0 Å². The molecule has 4 nitrogen and oxygen atoms in total. The lowest BCUT2D eigenvalue weighted by atomic mass is 10.1. The Hall–Kier alpha value is -1.84. The van der Waals surface area contributed by atoms with E-state index in [0.29, 0.717) is 6.42 Å². The number of hydrogen-bond donors (Lipinski definition) is 2. The molecule has 0 heterocycles. The Kier molecular flexibility index (Phi) is 5.05. The minimum Gasteiger partial charge on any atom is -0.368 e. The van der Waals surface area contributed by atoms with Crippen LogP contribution in [0.3, 0.4) is 0 Å². The first-order valence-corrected chi connectivity index (χ1v) is 5.27. The molecule has 1 aromatic rings. The molecule has 0 saturated carbocycles. The Balaban J connectivity index is 2.16. The van der Waals surface area contributed by atoms with Crippen LogP contribution in [0.25, 0.3) is 0 Å². The predicted molar refractivity (Wildman–Crippen MR) is 61.6 cm³/mol. The van der Waals surface area contributed by atoms with Crippen molar-refractivity contribution in [1.29, 1.82) is 0 Å². The van der Waals surface area contributed by atoms with E-state index < -0.39 is 5.91 Å². The maximum atomic E-state index is 11.2. The molecule has 0 aliphatic carbocycles. The summed E-state index contributed by atoms with van der Waals surface area (Å²) in [6.45, 7) is -0.0792. The van der Waals surface area contributed by atoms with Gasteiger partial charge in [0.15, 0.2) is 0 Å². The standard InChI is InChI=1S/C12H16N2O2/c13-11(15)9-14-12(16)8-4-7-10-5-2-1-3-6-10/h1-3,5-6H,4,7-9H2,(H2,13,15)(H,14,16). The van der Waals surface area contributed by atoms with Crippen LogP contribution in [0.4, 0.5) is 0 Å². The lowest BCUT2D eigenvalue weighted by Crippen LogP contribution is -2.33. The molecule has 2 amide bonds. The SMILES string of the molecule is NC(=O)CNC(=O)CCCc1ccccc1. The summed E-state index contributed by atoms with van der Waals surface area (Å²) in [6, 6.07) is 9.97. The smallest absolute Gasteiger partial charge is 0.236 e. The van der Waals surface area contributed by atoms with E-state index in [1.165, 1.54) is 5.56 Å². The van der Waals surface area contributed by atoms with E-state index in [0.717, 1.165) is 12.8 Å². The third kappa shape index (κ3) is 5.14. The van der Waals surface area contributed by atoms with Gasteiger partial charge >= 0.3 is 0 Å². The van der Waals surface area contributed by atoms with Crippen molar-refractivity contribution in [2.45, 2.75) is 19.3 Å². The maximum absolute atomic E-state index is 11.2. The number of carbonyl (C=O) groups is 2. The van der Waals surface area contributed by atoms with Gasteiger partial charge in [0, 0.05) is 6.42 Å². The van der Waals surface area contributed by atoms with Gasteiger partial charge in [0.2, 0.25) is 11.8 Å². The zero-order valence-corrected chi connectivity index (χ0v) is 9.11. The average Bonchev–Trinajstić information content (AvgIpc) is 2.28. The molecule has 16 heavy (non-hydrogen) atoms. The van der Waals surface area contributed by atoms with Gasteiger partial charge in [-0.1, -0.05) is 30.3 Å². The Morgan fingerprint density at radius 3 is 2.50 bits per heavy atom. The molecule has 0 radical (unpaired) electrons. The quantitative estimate of drug-likeness (QED) is 0.737. The Morgan fingerprint density at radius 2 is 1.88 bits per heavy atom. The van der Waals surface area contributed by atoms with E-state index in [1.807, 2.05) is 30.3 Å². The number of amides is 2. The van der Waals surface area contributed by atoms with Gasteiger partial charge in [0.05, 0.1) is 6.54 Å². The molecule has 86 valence electrons. The molecule has 3 N–H and O–H groups in total. The number of rotatable bonds is 6. The van der Waals surface area contributed by atoms with Gasteiger partial charge in [-0.2, -0.15) is 0 Å². The van der Waals surface area contributed by atoms with Gasteiger partial charge < -0.3 is 11.1 Å². The topological polar surface area (TPSA) is 72.2 Å². The van der Waals surface area contributed by atoms with Gasteiger partial charge in [-0.3, -0.25) is 9.59 Å². The van der Waals surface area contributed by atoms with Crippen LogP contribution in [0.5, 0.6) is 0 Å². The second kappa shape index (κ2) is 6.61. The van der Waals surface area contributed by atoms with Crippen LogP contribution in [0.1, 0.15) is 18.4 Å². The summed E-state index contributed by atoms with van der Waals surface area (Å²) in [6.07, 6.45) is 2.06. The van der Waals surface area contributed by atoms with Gasteiger partial charge in [0.1, 0.15) is 0 Å². The largest absolute Gasteiger partial charge is 0.368 e. The fourth-order valence-corrected chi connectivity index (χ4v) is 1.37. The van der Waals surface area contributed by atoms with Crippen molar-refractivity contribution in [2.24, 2.45) is 5.73 Å². The van der Waals surface area contributed by atoms with Crippen LogP contribution in [0, 0.1) is 0 Å². The van der Waals surface area contributed by atoms with Crippen LogP contribution >= 0.6 is 0 Å². The molecular formula is C12H16N2O2. The van der Waals surface area contributed by atoms with E-state index in [1.54, 1.807) is 0 Å². The molecule has 0 saturated heterocycles. The number of hydrogen-bond acceptors (Lipinski definition) is 2. The van der Waals surface area contributed by atoms with Crippen molar-refractivity contribution >= 4 is 11.8 Å². The molecule has 0 aromatic heterocycles. The van der Waals surface area contributed by atoms with Gasteiger partial charge in [0.25, 0.3) is 0 Å². The van der Waals surface area contributed by atoms with Crippen LogP contribution in [-0.4, -0.2) is 18.4 Å². The summed E-state index contributed by atoms with van der Waals surface area (Å²) < 4.78 is 0. The zero-order chi connectivity index (χ0) is 11.8. The fraction of sp³-hybridized carbons (Fsp3) is 0.333. The summed E-state index contributed by atoms with van der Waals surface area (Å²) in [5.41, 5.74) is 6.12. The van der Waals surface area contributed by atoms with E-state index in [4.69, 9.17) is 5.73 Å². The molecule has 0 aliphatic heterocycles. The van der Waals surface area contributed by atoms with Gasteiger partial charge in [-0.05, 0) is 18.4 Å². The molecule has 0 unspecified atom stereocenters. The number of nitrogens with one attached hydrogen (secondary N) is 1. The second-order valence-corrected chi connectivity index (χ2v) is 3.58. The van der Waals surface area contributed by atoms with Crippen molar-refractivity contribution in [3.63, 3.8) is 0 Å². The third-order valence-electron chi connectivity index (χ3n) is 2.17. The first-order chi connectivity index (χ1) is 7.68. The first-order valence-electron chi connectivity index (χ1n) is 5.27. The van der Waals surface area contributed by atoms with E-state index in [-0.39, 0.29) is 12.5 Å². The molecule has 0 spiro atoms. The lowest BCUT2D eigenvalue weighted by Gasteiger charge is -2.02. The number of benzene rings is 1. The molecule has 1 rings (SSSR count). The lowest BCUT2D eigenvalue weighted by molar-refractivity contribution is -0.124. The Bertz CT molecular complexity index is 349. The van der Waals surface area contributed by atoms with Crippen molar-refractivity contribution in [3.8, 4) is 0 Å². The Labute approximate surface area is 94.8 Å². The van der Waals surface area contributed by atoms with E-state index in [9.17, 15) is 9.59 Å². The highest BCUT2D eigenvalue weighted by molar-refractivity contribution is 5.83. The Morgan fingerprint density at radius 1 is 1.19 bits per heavy atom. The minimum absolute atomic E-state index is 0.0792. The highest BCUT2D eigenvalue weighted by Crippen LogP contribution is 2.04. The van der Waals surface area contributed by atoms with Crippen molar-refractivity contribution in [1.82, 2.24) is 5.32 Å². The molecule has 1 aromatic carbocycles. The summed E-state index contributed by atoms with van der Waals surface area (Å²) >= 11 is 0. The fourth-order valence-electron chi connectivity index (χ4n) is 1.37. The van der Waals surface area contributed by atoms with Crippen molar-refractivity contribution in [3.05, 3.63) is 35.9 Å². The van der Waals surface area contributed by atoms with Crippen molar-refractivity contribution < 1.29 is 9.59 Å². The molecular weight excluding hydrogens is 204 g/mol. The van der Waals surface area contributed by atoms with Crippen LogP contribution in [0.15, 0.2) is 30.3 Å². The van der Waals surface area contributed by atoms with Gasteiger partial charge in [-0.15, -0.1) is 0 Å². The highest BCUT2D eigenvalue weighted by Gasteiger charge is 2.02. The molecule has 0 fully saturated rings. The monoisotopic (exact) mass is 220 g/mol. The van der Waals surface area contributed by atoms with Gasteiger partial charge in [-0.25, -0.2) is 0 Å². The zero-order valence-electron chi connectivity index (χ0n) is 9.11. The summed E-state index contributed by atoms with van der Waals surface area (Å²) in [7, 11) is 0. The number of carbonyl (C=O) groups excluding carboxylic acids is 2. The molecule has 4 heteroatoms. The average molecular weight is 220 g/mol. The first kappa shape index (κ1) is 12.2. The maximum Gasteiger partial charge on any atom is 0.236 e. The summed E-state index contributed by atoms with van der Waals surface area (Å²) in [4.78, 5) is 21.6. The molecule has 0 atom stereocenters. The summed E-state index contributed by atoms with van der Waals surface area (Å²) in [5, 5.41) is 2.45. The highest BCUT2D eigenvalue weighted by atomic mass is 16.2. The summed E-state index contributed by atoms with van der Waals surface area (Å²) in [5.74, 6) is -0.647. The number of nitrogens with two attached hydrogens (primary N) is 1. The van der Waals surface area contributed by atoms with Crippen LogP contribution in [0.2, 0.25) is 0 Å². The van der Waals surface area contributed by atoms with E-state index in [2.05, 4.69) is 5.32 Å². The normalized spacial score (nSPS) is 9.75. The second-order valence-electron chi connectivity index (χ2n) is 3.58. The minimum atomic E-state index is -0.517. The molecule has 0 bridgehead atoms. The third-order valence-corrected chi connectivity index (χ3v) is 2.17. The van der Waals surface area contributed by atoms with E-state index >= 15 is 0 Å². The van der Waals surface area contributed by atoms with Crippen LogP contribution < -0.4 is 11.1 Å². The predicted octanol–water partition coefficient (Wildman–Crippen LogP) is 0.611. The molecule has 0 aliphatic rings. The number of primary amides is 1. The number of aryl methyl sites for hydroxylation is 1.